The van der Waals surface area contributed by atoms with Crippen LogP contribution in [0.2, 0.25) is 0 Å². The molecule has 3 aliphatic rings. The van der Waals surface area contributed by atoms with Gasteiger partial charge in [-0.1, -0.05) is 78.6 Å². The van der Waals surface area contributed by atoms with E-state index in [1.165, 1.54) is 91.2 Å². The predicted octanol–water partition coefficient (Wildman–Crippen LogP) is 10.2. The molecule has 40 heavy (non-hydrogen) atoms. The van der Waals surface area contributed by atoms with Crippen LogP contribution in [0.1, 0.15) is 109 Å². The monoisotopic (exact) mass is 712 g/mol. The van der Waals surface area contributed by atoms with Crippen molar-refractivity contribution in [2.75, 3.05) is 19.6 Å². The smallest absolute Gasteiger partial charge is 0 e. The molecule has 0 aliphatic carbocycles. The van der Waals surface area contributed by atoms with E-state index in [1.807, 2.05) is 18.2 Å². The zero-order valence-corrected chi connectivity index (χ0v) is 27.0. The molecule has 3 saturated heterocycles. The van der Waals surface area contributed by atoms with E-state index in [0.717, 1.165) is 19.6 Å². The van der Waals surface area contributed by atoms with Crippen molar-refractivity contribution >= 4 is 0 Å². The third-order valence-electron chi connectivity index (χ3n) is 7.72. The Labute approximate surface area is 257 Å². The van der Waals surface area contributed by atoms with Gasteiger partial charge >= 0.3 is 0 Å². The average Bonchev–Trinajstić information content (AvgIpc) is 2.99. The second-order valence-electron chi connectivity index (χ2n) is 11.2. The van der Waals surface area contributed by atoms with Gasteiger partial charge in [0.15, 0.2) is 0 Å². The SMILES string of the molecule is Cc1cc[c-]c(C2CCCC[N-]2)c1.Cc1cc[c-]c(C2CCCC[N-]2)c1.Cc1cc[c-]c(C2CCCC[N-]2)c1.[Ir]. The fourth-order valence-electron chi connectivity index (χ4n) is 5.52. The number of aryl methyl sites for hydroxylation is 3. The standard InChI is InChI=1S/3C12H15N.Ir/c3*1-10-5-4-6-11(9-10)12-7-2-3-8-13-12;/h3*4-5,9,12H,2-3,7-8H2,1H3;/q3*-2;. The number of piperidine rings is 3. The van der Waals surface area contributed by atoms with Crippen LogP contribution in [0, 0.1) is 39.0 Å². The second kappa shape index (κ2) is 17.9. The van der Waals surface area contributed by atoms with E-state index in [9.17, 15) is 0 Å². The van der Waals surface area contributed by atoms with Crippen LogP contribution in [-0.4, -0.2) is 19.6 Å². The van der Waals surface area contributed by atoms with Gasteiger partial charge in [-0.05, 0) is 0 Å². The van der Waals surface area contributed by atoms with E-state index in [-0.39, 0.29) is 20.1 Å². The molecule has 3 aromatic rings. The first-order valence-corrected chi connectivity index (χ1v) is 15.0. The van der Waals surface area contributed by atoms with Crippen LogP contribution >= 0.6 is 0 Å². The normalized spacial score (nSPS) is 22.4. The summed E-state index contributed by atoms with van der Waals surface area (Å²) in [5.74, 6) is 0. The Bertz CT molecular complexity index is 971. The number of hydrogen-bond donors (Lipinski definition) is 0. The van der Waals surface area contributed by atoms with Crippen molar-refractivity contribution < 1.29 is 20.1 Å². The van der Waals surface area contributed by atoms with Gasteiger partial charge in [0, 0.05) is 20.1 Å². The summed E-state index contributed by atoms with van der Waals surface area (Å²) in [6.07, 6.45) is 11.4. The maximum Gasteiger partial charge on any atom is 0 e. The first-order chi connectivity index (χ1) is 19.1. The first-order valence-electron chi connectivity index (χ1n) is 15.0. The number of rotatable bonds is 3. The predicted molar refractivity (Wildman–Crippen MR) is 164 cm³/mol. The van der Waals surface area contributed by atoms with E-state index in [2.05, 4.69) is 91.3 Å². The van der Waals surface area contributed by atoms with Crippen LogP contribution < -0.4 is 0 Å². The first kappa shape index (κ1) is 32.7. The van der Waals surface area contributed by atoms with E-state index in [1.54, 1.807) is 0 Å². The maximum atomic E-state index is 4.61. The molecule has 0 saturated carbocycles. The van der Waals surface area contributed by atoms with Crippen molar-refractivity contribution in [3.63, 3.8) is 0 Å². The molecule has 6 rings (SSSR count). The largest absolute Gasteiger partial charge is 0.657 e. The summed E-state index contributed by atoms with van der Waals surface area (Å²) in [5, 5.41) is 13.8. The topological polar surface area (TPSA) is 42.3 Å². The molecule has 0 aromatic heterocycles. The summed E-state index contributed by atoms with van der Waals surface area (Å²) in [5.41, 5.74) is 7.78. The molecule has 3 unspecified atom stereocenters. The number of nitrogens with zero attached hydrogens (tertiary/aromatic N) is 3. The molecular formula is C36H45IrN3-6. The zero-order valence-electron chi connectivity index (χ0n) is 24.6. The molecule has 3 aliphatic heterocycles. The van der Waals surface area contributed by atoms with Crippen LogP contribution in [0.5, 0.6) is 0 Å². The average molecular weight is 712 g/mol. The van der Waals surface area contributed by atoms with Crippen LogP contribution in [0.25, 0.3) is 16.0 Å². The molecule has 3 heterocycles. The van der Waals surface area contributed by atoms with Gasteiger partial charge < -0.3 is 16.0 Å². The van der Waals surface area contributed by atoms with E-state index >= 15 is 0 Å². The van der Waals surface area contributed by atoms with Gasteiger partial charge in [-0.25, -0.2) is 0 Å². The Morgan fingerprint density at radius 3 is 1.02 bits per heavy atom. The molecule has 0 amide bonds. The molecule has 0 bridgehead atoms. The molecule has 3 fully saturated rings. The fourth-order valence-corrected chi connectivity index (χ4v) is 5.52. The minimum Gasteiger partial charge on any atom is -0.657 e. The summed E-state index contributed by atoms with van der Waals surface area (Å²) in [6, 6.07) is 30.0. The van der Waals surface area contributed by atoms with Crippen LogP contribution in [-0.2, 0) is 20.1 Å². The van der Waals surface area contributed by atoms with Crippen molar-refractivity contribution in [1.29, 1.82) is 0 Å². The molecule has 0 N–H and O–H groups in total. The second-order valence-corrected chi connectivity index (χ2v) is 11.2. The summed E-state index contributed by atoms with van der Waals surface area (Å²) < 4.78 is 0. The van der Waals surface area contributed by atoms with Gasteiger partial charge in [0.2, 0.25) is 0 Å². The molecule has 4 heteroatoms. The van der Waals surface area contributed by atoms with E-state index in [0.29, 0.717) is 18.1 Å². The minimum atomic E-state index is 0. The van der Waals surface area contributed by atoms with Gasteiger partial charge in [0.25, 0.3) is 0 Å². The van der Waals surface area contributed by atoms with Gasteiger partial charge in [0.1, 0.15) is 0 Å². The van der Waals surface area contributed by atoms with Crippen molar-refractivity contribution in [2.45, 2.75) is 96.7 Å². The number of hydrogen-bond acceptors (Lipinski definition) is 0. The molecule has 3 aromatic carbocycles. The Hall–Kier alpha value is -1.81. The summed E-state index contributed by atoms with van der Waals surface area (Å²) in [4.78, 5) is 0. The molecule has 219 valence electrons. The Balaban J connectivity index is 0.000000163. The van der Waals surface area contributed by atoms with Gasteiger partial charge in [-0.15, -0.1) is 37.8 Å². The van der Waals surface area contributed by atoms with Crippen molar-refractivity contribution in [3.05, 3.63) is 122 Å². The maximum absolute atomic E-state index is 4.61. The summed E-state index contributed by atoms with van der Waals surface area (Å²) in [7, 11) is 0. The molecule has 0 spiro atoms. The van der Waals surface area contributed by atoms with Crippen LogP contribution in [0.15, 0.2) is 54.6 Å². The zero-order chi connectivity index (χ0) is 27.3. The van der Waals surface area contributed by atoms with E-state index < -0.39 is 0 Å². The summed E-state index contributed by atoms with van der Waals surface area (Å²) >= 11 is 0. The van der Waals surface area contributed by atoms with E-state index in [4.69, 9.17) is 0 Å². The Morgan fingerprint density at radius 1 is 0.500 bits per heavy atom. The third-order valence-corrected chi connectivity index (χ3v) is 7.72. The quantitative estimate of drug-likeness (QED) is 0.243. The van der Waals surface area contributed by atoms with Crippen molar-refractivity contribution in [1.82, 2.24) is 0 Å². The third kappa shape index (κ3) is 10.9. The van der Waals surface area contributed by atoms with Crippen molar-refractivity contribution in [3.8, 4) is 0 Å². The van der Waals surface area contributed by atoms with Crippen molar-refractivity contribution in [2.24, 2.45) is 0 Å². The molecular weight excluding hydrogens is 667 g/mol. The Kier molecular flexibility index (Phi) is 14.6. The number of benzene rings is 3. The van der Waals surface area contributed by atoms with Gasteiger partial charge in [-0.2, -0.15) is 106 Å². The molecule has 1 radical (unpaired) electrons. The Morgan fingerprint density at radius 2 is 0.800 bits per heavy atom. The van der Waals surface area contributed by atoms with Gasteiger partial charge in [-0.3, -0.25) is 0 Å². The summed E-state index contributed by atoms with van der Waals surface area (Å²) in [6.45, 7) is 9.48. The van der Waals surface area contributed by atoms with Crippen LogP contribution in [0.4, 0.5) is 0 Å². The fraction of sp³-hybridized carbons (Fsp3) is 0.500. The van der Waals surface area contributed by atoms with Crippen LogP contribution in [0.3, 0.4) is 0 Å². The minimum absolute atomic E-state index is 0. The van der Waals surface area contributed by atoms with Gasteiger partial charge in [0.05, 0.1) is 0 Å². The molecule has 3 atom stereocenters. The molecule has 3 nitrogen and oxygen atoms in total.